The van der Waals surface area contributed by atoms with Crippen LogP contribution in [-0.4, -0.2) is 19.6 Å². The Bertz CT molecular complexity index is 366. The molecular weight excluding hydrogens is 239 g/mol. The quantitative estimate of drug-likeness (QED) is 0.770. The molecule has 0 aliphatic rings. The third-order valence-electron chi connectivity index (χ3n) is 2.74. The largest absolute Gasteiger partial charge is 0.330 e. The average molecular weight is 259 g/mol. The van der Waals surface area contributed by atoms with Crippen LogP contribution >= 0.6 is 11.6 Å². The number of rotatable bonds is 6. The summed E-state index contributed by atoms with van der Waals surface area (Å²) >= 11 is 5.82. The first-order valence-corrected chi connectivity index (χ1v) is 6.17. The predicted octanol–water partition coefficient (Wildman–Crippen LogP) is 2.60. The lowest BCUT2D eigenvalue weighted by Crippen LogP contribution is -2.36. The molecule has 1 aromatic carbocycles. The number of benzene rings is 1. The summed E-state index contributed by atoms with van der Waals surface area (Å²) < 4.78 is 13.4. The van der Waals surface area contributed by atoms with Gasteiger partial charge in [-0.2, -0.15) is 0 Å². The van der Waals surface area contributed by atoms with Gasteiger partial charge in [-0.1, -0.05) is 25.4 Å². The van der Waals surface area contributed by atoms with E-state index < -0.39 is 0 Å². The van der Waals surface area contributed by atoms with Gasteiger partial charge in [0, 0.05) is 11.6 Å². The van der Waals surface area contributed by atoms with Gasteiger partial charge in [-0.05, 0) is 48.7 Å². The summed E-state index contributed by atoms with van der Waals surface area (Å²) in [4.78, 5) is 0. The van der Waals surface area contributed by atoms with Gasteiger partial charge in [0.15, 0.2) is 0 Å². The number of nitrogens with two attached hydrogens (primary N) is 1. The molecule has 4 heteroatoms. The fraction of sp³-hybridized carbons (Fsp3) is 0.538. The summed E-state index contributed by atoms with van der Waals surface area (Å²) in [5, 5.41) is 3.85. The fourth-order valence-corrected chi connectivity index (χ4v) is 1.65. The summed E-state index contributed by atoms with van der Waals surface area (Å²) in [6, 6.07) is 4.64. The first-order valence-electron chi connectivity index (χ1n) is 5.79. The number of hydrogen-bond donors (Lipinski definition) is 2. The molecule has 17 heavy (non-hydrogen) atoms. The molecule has 0 aliphatic heterocycles. The van der Waals surface area contributed by atoms with Crippen molar-refractivity contribution in [2.45, 2.75) is 20.3 Å². The maximum Gasteiger partial charge on any atom is 0.126 e. The lowest BCUT2D eigenvalue weighted by molar-refractivity contribution is 0.353. The zero-order valence-corrected chi connectivity index (χ0v) is 11.1. The first kappa shape index (κ1) is 14.4. The second-order valence-corrected chi connectivity index (χ2v) is 5.47. The van der Waals surface area contributed by atoms with E-state index in [1.807, 2.05) is 0 Å². The standard InChI is InChI=1S/C13H20ClFN2/c1-13(2,8-16)9-17-6-5-10-7-11(14)3-4-12(10)15/h3-4,7,17H,5-6,8-9,16H2,1-2H3. The van der Waals surface area contributed by atoms with E-state index in [9.17, 15) is 4.39 Å². The second-order valence-electron chi connectivity index (χ2n) is 5.03. The highest BCUT2D eigenvalue weighted by Gasteiger charge is 2.14. The van der Waals surface area contributed by atoms with Crippen molar-refractivity contribution >= 4 is 11.6 Å². The Hall–Kier alpha value is -0.640. The molecule has 0 unspecified atom stereocenters. The van der Waals surface area contributed by atoms with Gasteiger partial charge in [0.05, 0.1) is 0 Å². The van der Waals surface area contributed by atoms with E-state index in [1.54, 1.807) is 12.1 Å². The van der Waals surface area contributed by atoms with Crippen molar-refractivity contribution in [3.63, 3.8) is 0 Å². The van der Waals surface area contributed by atoms with Crippen LogP contribution in [0.5, 0.6) is 0 Å². The van der Waals surface area contributed by atoms with Gasteiger partial charge < -0.3 is 11.1 Å². The van der Waals surface area contributed by atoms with Crippen LogP contribution in [0.1, 0.15) is 19.4 Å². The summed E-state index contributed by atoms with van der Waals surface area (Å²) in [5.74, 6) is -0.200. The molecular formula is C13H20ClFN2. The van der Waals surface area contributed by atoms with Crippen LogP contribution < -0.4 is 11.1 Å². The van der Waals surface area contributed by atoms with Gasteiger partial charge in [-0.3, -0.25) is 0 Å². The van der Waals surface area contributed by atoms with Crippen LogP contribution in [-0.2, 0) is 6.42 Å². The fourth-order valence-electron chi connectivity index (χ4n) is 1.46. The van der Waals surface area contributed by atoms with E-state index in [-0.39, 0.29) is 11.2 Å². The molecule has 3 N–H and O–H groups in total. The van der Waals surface area contributed by atoms with Crippen LogP contribution in [0.25, 0.3) is 0 Å². The molecule has 0 aromatic heterocycles. The minimum atomic E-state index is -0.200. The highest BCUT2D eigenvalue weighted by molar-refractivity contribution is 6.30. The van der Waals surface area contributed by atoms with Gasteiger partial charge in [0.1, 0.15) is 5.82 Å². The van der Waals surface area contributed by atoms with Crippen molar-refractivity contribution in [3.05, 3.63) is 34.6 Å². The van der Waals surface area contributed by atoms with E-state index in [0.717, 1.165) is 13.1 Å². The normalized spacial score (nSPS) is 11.8. The zero-order valence-electron chi connectivity index (χ0n) is 10.4. The van der Waals surface area contributed by atoms with Crippen molar-refractivity contribution in [2.24, 2.45) is 11.1 Å². The lowest BCUT2D eigenvalue weighted by atomic mass is 9.94. The summed E-state index contributed by atoms with van der Waals surface area (Å²) in [7, 11) is 0. The van der Waals surface area contributed by atoms with Crippen molar-refractivity contribution in [1.82, 2.24) is 5.32 Å². The Kier molecular flexibility index (Phi) is 5.37. The maximum atomic E-state index is 13.4. The summed E-state index contributed by atoms with van der Waals surface area (Å²) in [6.07, 6.45) is 0.632. The minimum absolute atomic E-state index is 0.0763. The number of nitrogens with one attached hydrogen (secondary N) is 1. The molecule has 1 rings (SSSR count). The number of halogens is 2. The average Bonchev–Trinajstić information content (AvgIpc) is 2.29. The SMILES string of the molecule is CC(C)(CN)CNCCc1cc(Cl)ccc1F. The third kappa shape index (κ3) is 5.02. The molecule has 0 saturated heterocycles. The Morgan fingerprint density at radius 3 is 2.76 bits per heavy atom. The molecule has 0 radical (unpaired) electrons. The van der Waals surface area contributed by atoms with Gasteiger partial charge in [0.2, 0.25) is 0 Å². The van der Waals surface area contributed by atoms with E-state index >= 15 is 0 Å². The molecule has 0 spiro atoms. The van der Waals surface area contributed by atoms with Crippen LogP contribution in [0, 0.1) is 11.2 Å². The van der Waals surface area contributed by atoms with E-state index in [2.05, 4.69) is 19.2 Å². The van der Waals surface area contributed by atoms with Crippen LogP contribution in [0.3, 0.4) is 0 Å². The van der Waals surface area contributed by atoms with Crippen molar-refractivity contribution in [3.8, 4) is 0 Å². The molecule has 96 valence electrons. The molecule has 0 amide bonds. The summed E-state index contributed by atoms with van der Waals surface area (Å²) in [6.45, 7) is 6.37. The zero-order chi connectivity index (χ0) is 12.9. The monoisotopic (exact) mass is 258 g/mol. The molecule has 0 heterocycles. The predicted molar refractivity (Wildman–Crippen MR) is 70.8 cm³/mol. The van der Waals surface area contributed by atoms with Gasteiger partial charge in [-0.15, -0.1) is 0 Å². The highest BCUT2D eigenvalue weighted by Crippen LogP contribution is 2.15. The Labute approximate surface area is 107 Å². The van der Waals surface area contributed by atoms with E-state index in [0.29, 0.717) is 23.6 Å². The van der Waals surface area contributed by atoms with Crippen molar-refractivity contribution < 1.29 is 4.39 Å². The van der Waals surface area contributed by atoms with Gasteiger partial charge in [0.25, 0.3) is 0 Å². The molecule has 1 aromatic rings. The molecule has 2 nitrogen and oxygen atoms in total. The maximum absolute atomic E-state index is 13.4. The summed E-state index contributed by atoms with van der Waals surface area (Å²) in [5.41, 5.74) is 6.35. The van der Waals surface area contributed by atoms with E-state index in [4.69, 9.17) is 17.3 Å². The van der Waals surface area contributed by atoms with E-state index in [1.165, 1.54) is 6.07 Å². The smallest absolute Gasteiger partial charge is 0.126 e. The van der Waals surface area contributed by atoms with Crippen LogP contribution in [0.2, 0.25) is 5.02 Å². The molecule has 0 fully saturated rings. The molecule has 0 saturated carbocycles. The lowest BCUT2D eigenvalue weighted by Gasteiger charge is -2.22. The third-order valence-corrected chi connectivity index (χ3v) is 2.97. The minimum Gasteiger partial charge on any atom is -0.330 e. The van der Waals surface area contributed by atoms with Gasteiger partial charge >= 0.3 is 0 Å². The Balaban J connectivity index is 2.38. The second kappa shape index (κ2) is 6.34. The van der Waals surface area contributed by atoms with Crippen LogP contribution in [0.15, 0.2) is 18.2 Å². The Morgan fingerprint density at radius 2 is 2.12 bits per heavy atom. The van der Waals surface area contributed by atoms with Gasteiger partial charge in [-0.25, -0.2) is 4.39 Å². The molecule has 0 aliphatic carbocycles. The van der Waals surface area contributed by atoms with Crippen molar-refractivity contribution in [1.29, 1.82) is 0 Å². The molecule has 0 bridgehead atoms. The number of hydrogen-bond acceptors (Lipinski definition) is 2. The van der Waals surface area contributed by atoms with Crippen molar-refractivity contribution in [2.75, 3.05) is 19.6 Å². The highest BCUT2D eigenvalue weighted by atomic mass is 35.5. The Morgan fingerprint density at radius 1 is 1.41 bits per heavy atom. The molecule has 0 atom stereocenters. The topological polar surface area (TPSA) is 38.0 Å². The van der Waals surface area contributed by atoms with Crippen LogP contribution in [0.4, 0.5) is 4.39 Å². The first-order chi connectivity index (χ1) is 7.94.